The number of hydrogen-bond acceptors (Lipinski definition) is 5. The highest BCUT2D eigenvalue weighted by Gasteiger charge is 2.15. The molecule has 132 valence electrons. The SMILES string of the molecule is O=S(=O)(O)CCCCCCCCCN1CCN(CCO)CC1. The first-order valence-electron chi connectivity index (χ1n) is 8.52. The molecule has 1 saturated heterocycles. The maximum atomic E-state index is 10.5. The maximum absolute atomic E-state index is 10.5. The second kappa shape index (κ2) is 11.3. The Morgan fingerprint density at radius 3 is 1.68 bits per heavy atom. The van der Waals surface area contributed by atoms with Gasteiger partial charge in [-0.3, -0.25) is 9.45 Å². The van der Waals surface area contributed by atoms with Gasteiger partial charge in [0.05, 0.1) is 12.4 Å². The summed E-state index contributed by atoms with van der Waals surface area (Å²) in [5.74, 6) is -0.102. The molecule has 1 rings (SSSR count). The van der Waals surface area contributed by atoms with Gasteiger partial charge in [-0.05, 0) is 19.4 Å². The lowest BCUT2D eigenvalue weighted by Crippen LogP contribution is -2.47. The number of nitrogens with zero attached hydrogens (tertiary/aromatic N) is 2. The fraction of sp³-hybridized carbons (Fsp3) is 1.00. The Kier molecular flexibility index (Phi) is 10.2. The molecule has 1 heterocycles. The van der Waals surface area contributed by atoms with Crippen LogP contribution in [0.2, 0.25) is 0 Å². The first kappa shape index (κ1) is 19.8. The van der Waals surface area contributed by atoms with Gasteiger partial charge in [0.15, 0.2) is 0 Å². The van der Waals surface area contributed by atoms with Crippen molar-refractivity contribution >= 4 is 10.1 Å². The summed E-state index contributed by atoms with van der Waals surface area (Å²) in [4.78, 5) is 4.81. The Morgan fingerprint density at radius 1 is 0.727 bits per heavy atom. The van der Waals surface area contributed by atoms with Gasteiger partial charge in [0.1, 0.15) is 0 Å². The number of β-amino-alcohol motifs (C(OH)–C–C–N with tert-alkyl or cyclic N) is 1. The van der Waals surface area contributed by atoms with Gasteiger partial charge in [-0.25, -0.2) is 0 Å². The molecule has 0 spiro atoms. The van der Waals surface area contributed by atoms with E-state index in [0.29, 0.717) is 6.42 Å². The van der Waals surface area contributed by atoms with Crippen LogP contribution in [0.4, 0.5) is 0 Å². The molecule has 0 bridgehead atoms. The summed E-state index contributed by atoms with van der Waals surface area (Å²) in [6.45, 7) is 6.55. The number of unbranched alkanes of at least 4 members (excludes halogenated alkanes) is 6. The fourth-order valence-corrected chi connectivity index (χ4v) is 3.45. The molecule has 0 atom stereocenters. The summed E-state index contributed by atoms with van der Waals surface area (Å²) in [6, 6.07) is 0. The van der Waals surface area contributed by atoms with Crippen molar-refractivity contribution in [1.82, 2.24) is 9.80 Å². The van der Waals surface area contributed by atoms with E-state index in [4.69, 9.17) is 9.66 Å². The van der Waals surface area contributed by atoms with Crippen LogP contribution in [0.5, 0.6) is 0 Å². The average Bonchev–Trinajstić information content (AvgIpc) is 2.46. The first-order chi connectivity index (χ1) is 10.5. The van der Waals surface area contributed by atoms with Crippen LogP contribution in [-0.4, -0.2) is 79.5 Å². The van der Waals surface area contributed by atoms with E-state index in [-0.39, 0.29) is 12.4 Å². The fourth-order valence-electron chi connectivity index (χ4n) is 2.88. The third-order valence-corrected chi connectivity index (χ3v) is 5.06. The number of aliphatic hydroxyl groups is 1. The summed E-state index contributed by atoms with van der Waals surface area (Å²) in [6.07, 6.45) is 7.31. The van der Waals surface area contributed by atoms with E-state index in [0.717, 1.165) is 58.5 Å². The highest BCUT2D eigenvalue weighted by molar-refractivity contribution is 7.85. The second-order valence-electron chi connectivity index (χ2n) is 6.17. The minimum absolute atomic E-state index is 0.102. The van der Waals surface area contributed by atoms with Gasteiger partial charge in [-0.1, -0.05) is 32.1 Å². The quantitative estimate of drug-likeness (QED) is 0.412. The Balaban J connectivity index is 1.86. The molecular weight excluding hydrogens is 304 g/mol. The van der Waals surface area contributed by atoms with Crippen molar-refractivity contribution < 1.29 is 18.1 Å². The molecule has 2 N–H and O–H groups in total. The topological polar surface area (TPSA) is 81.1 Å². The lowest BCUT2D eigenvalue weighted by Gasteiger charge is -2.34. The Labute approximate surface area is 135 Å². The third kappa shape index (κ3) is 10.5. The average molecular weight is 336 g/mol. The van der Waals surface area contributed by atoms with Crippen molar-refractivity contribution in [3.8, 4) is 0 Å². The summed E-state index contributed by atoms with van der Waals surface area (Å²) in [7, 11) is -3.77. The molecule has 0 aromatic rings. The molecule has 0 amide bonds. The van der Waals surface area contributed by atoms with E-state index in [2.05, 4.69) is 9.80 Å². The number of aliphatic hydroxyl groups excluding tert-OH is 1. The van der Waals surface area contributed by atoms with Gasteiger partial charge in [0.2, 0.25) is 0 Å². The molecule has 1 aliphatic heterocycles. The smallest absolute Gasteiger partial charge is 0.264 e. The lowest BCUT2D eigenvalue weighted by atomic mass is 10.1. The normalized spacial score (nSPS) is 17.9. The molecular formula is C15H32N2O4S. The van der Waals surface area contributed by atoms with Crippen molar-refractivity contribution in [1.29, 1.82) is 0 Å². The lowest BCUT2D eigenvalue weighted by molar-refractivity contribution is 0.111. The van der Waals surface area contributed by atoms with Crippen molar-refractivity contribution in [2.45, 2.75) is 44.9 Å². The van der Waals surface area contributed by atoms with Crippen LogP contribution >= 0.6 is 0 Å². The molecule has 0 aliphatic carbocycles. The van der Waals surface area contributed by atoms with Crippen LogP contribution in [0.25, 0.3) is 0 Å². The van der Waals surface area contributed by atoms with Crippen LogP contribution in [0.3, 0.4) is 0 Å². The van der Waals surface area contributed by atoms with Crippen molar-refractivity contribution in [3.63, 3.8) is 0 Å². The first-order valence-corrected chi connectivity index (χ1v) is 10.1. The number of hydrogen-bond donors (Lipinski definition) is 2. The minimum atomic E-state index is -3.77. The summed E-state index contributed by atoms with van der Waals surface area (Å²) in [5.41, 5.74) is 0. The highest BCUT2D eigenvalue weighted by atomic mass is 32.2. The van der Waals surface area contributed by atoms with Gasteiger partial charge < -0.3 is 10.0 Å². The molecule has 1 aliphatic rings. The molecule has 0 aromatic heterocycles. The molecule has 1 fully saturated rings. The predicted molar refractivity (Wildman–Crippen MR) is 88.7 cm³/mol. The third-order valence-electron chi connectivity index (χ3n) is 4.26. The maximum Gasteiger partial charge on any atom is 0.264 e. The summed E-state index contributed by atoms with van der Waals surface area (Å²) < 4.78 is 29.7. The zero-order valence-corrected chi connectivity index (χ0v) is 14.4. The highest BCUT2D eigenvalue weighted by Crippen LogP contribution is 2.09. The van der Waals surface area contributed by atoms with Gasteiger partial charge in [0.25, 0.3) is 10.1 Å². The molecule has 0 unspecified atom stereocenters. The zero-order valence-electron chi connectivity index (χ0n) is 13.6. The minimum Gasteiger partial charge on any atom is -0.395 e. The summed E-state index contributed by atoms with van der Waals surface area (Å²) >= 11 is 0. The van der Waals surface area contributed by atoms with E-state index >= 15 is 0 Å². The molecule has 6 nitrogen and oxygen atoms in total. The molecule has 0 saturated carbocycles. The predicted octanol–water partition coefficient (Wildman–Crippen LogP) is 1.21. The Morgan fingerprint density at radius 2 is 1.18 bits per heavy atom. The molecule has 0 aromatic carbocycles. The van der Waals surface area contributed by atoms with Crippen LogP contribution in [-0.2, 0) is 10.1 Å². The van der Waals surface area contributed by atoms with E-state index in [9.17, 15) is 8.42 Å². The molecule has 0 radical (unpaired) electrons. The summed E-state index contributed by atoms with van der Waals surface area (Å²) in [5, 5.41) is 8.90. The zero-order chi connectivity index (χ0) is 16.3. The van der Waals surface area contributed by atoms with Crippen molar-refractivity contribution in [2.75, 3.05) is 51.6 Å². The van der Waals surface area contributed by atoms with Crippen LogP contribution < -0.4 is 0 Å². The number of piperazine rings is 1. The van der Waals surface area contributed by atoms with E-state index < -0.39 is 10.1 Å². The van der Waals surface area contributed by atoms with Crippen molar-refractivity contribution in [2.24, 2.45) is 0 Å². The molecule has 7 heteroatoms. The van der Waals surface area contributed by atoms with Gasteiger partial charge in [-0.2, -0.15) is 8.42 Å². The largest absolute Gasteiger partial charge is 0.395 e. The van der Waals surface area contributed by atoms with Gasteiger partial charge in [-0.15, -0.1) is 0 Å². The van der Waals surface area contributed by atoms with Gasteiger partial charge in [0, 0.05) is 32.7 Å². The van der Waals surface area contributed by atoms with E-state index in [1.165, 1.54) is 19.3 Å². The molecule has 22 heavy (non-hydrogen) atoms. The van der Waals surface area contributed by atoms with E-state index in [1.54, 1.807) is 0 Å². The van der Waals surface area contributed by atoms with Gasteiger partial charge >= 0.3 is 0 Å². The van der Waals surface area contributed by atoms with Crippen LogP contribution in [0.1, 0.15) is 44.9 Å². The van der Waals surface area contributed by atoms with Crippen LogP contribution in [0.15, 0.2) is 0 Å². The Hall–Kier alpha value is -0.210. The second-order valence-corrected chi connectivity index (χ2v) is 7.74. The monoisotopic (exact) mass is 336 g/mol. The van der Waals surface area contributed by atoms with Crippen molar-refractivity contribution in [3.05, 3.63) is 0 Å². The number of rotatable bonds is 12. The van der Waals surface area contributed by atoms with Crippen LogP contribution in [0, 0.1) is 0 Å². The standard InChI is InChI=1S/C15H32N2O4S/c18-14-13-17-11-9-16(10-12-17)8-6-4-2-1-3-5-7-15-22(19,20)21/h18H,1-15H2,(H,19,20,21). The Bertz CT molecular complexity index is 368. The van der Waals surface area contributed by atoms with E-state index in [1.807, 2.05) is 0 Å².